The van der Waals surface area contributed by atoms with E-state index in [9.17, 15) is 12.8 Å². The summed E-state index contributed by atoms with van der Waals surface area (Å²) in [6, 6.07) is 32.7. The lowest BCUT2D eigenvalue weighted by Gasteiger charge is -2.39. The van der Waals surface area contributed by atoms with Crippen LogP contribution in [0, 0.1) is 5.82 Å². The zero-order valence-electron chi connectivity index (χ0n) is 15.9. The van der Waals surface area contributed by atoms with Crippen molar-refractivity contribution in [1.29, 1.82) is 0 Å². The second-order valence-corrected chi connectivity index (χ2v) is 10.9. The van der Waals surface area contributed by atoms with Crippen LogP contribution >= 0.6 is 10.3 Å². The van der Waals surface area contributed by atoms with Crippen LogP contribution in [-0.2, 0) is 13.7 Å². The van der Waals surface area contributed by atoms with Crippen LogP contribution in [0.2, 0.25) is 0 Å². The van der Waals surface area contributed by atoms with Crippen LogP contribution in [0.1, 0.15) is 0 Å². The number of halogens is 1. The minimum Gasteiger partial charge on any atom is -0.207 e. The fourth-order valence-corrected chi connectivity index (χ4v) is 8.38. The molecule has 0 aliphatic heterocycles. The summed E-state index contributed by atoms with van der Waals surface area (Å²) in [5.41, 5.74) is 0. The number of rotatable bonds is 6. The van der Waals surface area contributed by atoms with Gasteiger partial charge < -0.3 is 0 Å². The highest BCUT2D eigenvalue weighted by atomic mass is 32.3. The van der Waals surface area contributed by atoms with Gasteiger partial charge in [0.1, 0.15) is 5.82 Å². The van der Waals surface area contributed by atoms with Crippen molar-refractivity contribution >= 4 is 20.4 Å². The highest BCUT2D eigenvalue weighted by molar-refractivity contribution is 8.33. The van der Waals surface area contributed by atoms with Crippen LogP contribution in [0.4, 0.5) is 4.39 Å². The molecule has 0 saturated heterocycles. The summed E-state index contributed by atoms with van der Waals surface area (Å²) < 4.78 is 46.2. The maximum Gasteiger partial charge on any atom is 0.307 e. The third-order valence-electron chi connectivity index (χ3n) is 4.52. The molecule has 6 heteroatoms. The fourth-order valence-electron chi connectivity index (χ4n) is 3.14. The minimum absolute atomic E-state index is 0.0939. The van der Waals surface area contributed by atoms with Gasteiger partial charge in [0, 0.05) is 14.7 Å². The van der Waals surface area contributed by atoms with E-state index >= 15 is 0 Å². The van der Waals surface area contributed by atoms with Gasteiger partial charge in [0.2, 0.25) is 0 Å². The first kappa shape index (κ1) is 20.3. The molecule has 0 aliphatic rings. The highest BCUT2D eigenvalue weighted by Crippen LogP contribution is 2.70. The van der Waals surface area contributed by atoms with Crippen molar-refractivity contribution in [3.8, 4) is 0 Å². The molecular formula is C24H19FO3S2. The number of hydrogen-bond acceptors (Lipinski definition) is 3. The quantitative estimate of drug-likeness (QED) is 0.348. The molecule has 4 rings (SSSR count). The summed E-state index contributed by atoms with van der Waals surface area (Å²) in [6.07, 6.45) is 0. The smallest absolute Gasteiger partial charge is 0.207 e. The monoisotopic (exact) mass is 438 g/mol. The van der Waals surface area contributed by atoms with Crippen LogP contribution in [0.15, 0.2) is 135 Å². The maximum atomic E-state index is 13.4. The first-order chi connectivity index (χ1) is 14.5. The topological polar surface area (TPSA) is 43.4 Å². The zero-order chi connectivity index (χ0) is 21.0. The molecule has 3 nitrogen and oxygen atoms in total. The molecule has 0 bridgehead atoms. The van der Waals surface area contributed by atoms with Crippen LogP contribution in [0.3, 0.4) is 0 Å². The Morgan fingerprint density at radius 3 is 1.23 bits per heavy atom. The minimum atomic E-state index is -4.21. The summed E-state index contributed by atoms with van der Waals surface area (Å²) >= 11 is 0. The van der Waals surface area contributed by atoms with Gasteiger partial charge in [-0.2, -0.15) is 8.42 Å². The van der Waals surface area contributed by atoms with Gasteiger partial charge >= 0.3 is 10.1 Å². The summed E-state index contributed by atoms with van der Waals surface area (Å²) in [5.74, 6) is -0.512. The van der Waals surface area contributed by atoms with Crippen molar-refractivity contribution in [2.24, 2.45) is 0 Å². The average molecular weight is 439 g/mol. The molecule has 152 valence electrons. The molecular weight excluding hydrogens is 419 g/mol. The largest absolute Gasteiger partial charge is 0.307 e. The summed E-state index contributed by atoms with van der Waals surface area (Å²) in [6.45, 7) is 0. The molecule has 4 aromatic rings. The fraction of sp³-hybridized carbons (Fsp3) is 0. The Hall–Kier alpha value is -2.93. The van der Waals surface area contributed by atoms with Crippen molar-refractivity contribution in [1.82, 2.24) is 0 Å². The summed E-state index contributed by atoms with van der Waals surface area (Å²) in [7, 11) is -6.84. The lowest BCUT2D eigenvalue weighted by atomic mass is 10.4. The molecule has 0 saturated carbocycles. The first-order valence-corrected chi connectivity index (χ1v) is 12.2. The molecule has 0 heterocycles. The van der Waals surface area contributed by atoms with Crippen molar-refractivity contribution in [3.63, 3.8) is 0 Å². The van der Waals surface area contributed by atoms with Crippen LogP contribution in [-0.4, -0.2) is 8.42 Å². The van der Waals surface area contributed by atoms with E-state index < -0.39 is 26.2 Å². The summed E-state index contributed by atoms with van der Waals surface area (Å²) in [4.78, 5) is 2.14. The highest BCUT2D eigenvalue weighted by Gasteiger charge is 2.38. The van der Waals surface area contributed by atoms with Gasteiger partial charge in [0.15, 0.2) is 0 Å². The Balaban J connectivity index is 1.99. The SMILES string of the molecule is O=S(=O)(OS(c1ccccc1)(c1ccccc1)c1ccccc1)c1ccc(F)cc1. The predicted octanol–water partition coefficient (Wildman–Crippen LogP) is 6.43. The van der Waals surface area contributed by atoms with E-state index in [-0.39, 0.29) is 4.90 Å². The van der Waals surface area contributed by atoms with E-state index in [1.54, 1.807) is 0 Å². The van der Waals surface area contributed by atoms with Crippen molar-refractivity contribution in [3.05, 3.63) is 121 Å². The lowest BCUT2D eigenvalue weighted by molar-refractivity contribution is 0.508. The maximum absolute atomic E-state index is 13.4. The molecule has 4 aromatic carbocycles. The first-order valence-electron chi connectivity index (χ1n) is 9.23. The molecule has 0 radical (unpaired) electrons. The van der Waals surface area contributed by atoms with Crippen LogP contribution in [0.25, 0.3) is 0 Å². The van der Waals surface area contributed by atoms with Crippen LogP contribution < -0.4 is 0 Å². The van der Waals surface area contributed by atoms with Gasteiger partial charge in [-0.05, 0) is 71.0 Å². The molecule has 0 N–H and O–H groups in total. The molecule has 0 fully saturated rings. The van der Waals surface area contributed by atoms with E-state index in [0.29, 0.717) is 0 Å². The van der Waals surface area contributed by atoms with Crippen molar-refractivity contribution < 1.29 is 16.4 Å². The third kappa shape index (κ3) is 3.89. The van der Waals surface area contributed by atoms with Gasteiger partial charge in [-0.25, -0.2) is 8.02 Å². The van der Waals surface area contributed by atoms with Gasteiger partial charge in [0.25, 0.3) is 0 Å². The van der Waals surface area contributed by atoms with E-state index in [1.165, 1.54) is 12.1 Å². The zero-order valence-corrected chi connectivity index (χ0v) is 17.5. The van der Waals surface area contributed by atoms with E-state index in [2.05, 4.69) is 0 Å². The Labute approximate surface area is 177 Å². The van der Waals surface area contributed by atoms with E-state index in [0.717, 1.165) is 26.8 Å². The van der Waals surface area contributed by atoms with Gasteiger partial charge in [-0.15, -0.1) is 0 Å². The Morgan fingerprint density at radius 1 is 0.500 bits per heavy atom. The molecule has 0 aliphatic carbocycles. The van der Waals surface area contributed by atoms with Crippen LogP contribution in [0.5, 0.6) is 0 Å². The molecule has 0 amide bonds. The second kappa shape index (κ2) is 8.44. The molecule has 0 spiro atoms. The van der Waals surface area contributed by atoms with Gasteiger partial charge in [0.05, 0.1) is 4.90 Å². The Bertz CT molecular complexity index is 1120. The van der Waals surface area contributed by atoms with E-state index in [4.69, 9.17) is 3.63 Å². The second-order valence-electron chi connectivity index (χ2n) is 6.47. The Kier molecular flexibility index (Phi) is 5.72. The number of benzene rings is 4. The Morgan fingerprint density at radius 2 is 0.867 bits per heavy atom. The van der Waals surface area contributed by atoms with Crippen molar-refractivity contribution in [2.75, 3.05) is 0 Å². The molecule has 0 atom stereocenters. The van der Waals surface area contributed by atoms with Gasteiger partial charge in [-0.3, -0.25) is 0 Å². The number of hydrogen-bond donors (Lipinski definition) is 0. The standard InChI is InChI=1S/C24H19FO3S2/c25-20-16-18-24(19-17-20)30(26,27)28-29(21-10-4-1-5-11-21,22-12-6-2-7-13-22)23-14-8-3-9-15-23/h1-19H. The van der Waals surface area contributed by atoms with E-state index in [1.807, 2.05) is 91.0 Å². The molecule has 0 unspecified atom stereocenters. The normalized spacial score (nSPS) is 12.4. The third-order valence-corrected chi connectivity index (χ3v) is 9.71. The average Bonchev–Trinajstić information content (AvgIpc) is 2.79. The van der Waals surface area contributed by atoms with Crippen molar-refractivity contribution in [2.45, 2.75) is 19.6 Å². The van der Waals surface area contributed by atoms with Gasteiger partial charge in [-0.1, -0.05) is 54.6 Å². The summed E-state index contributed by atoms with van der Waals surface area (Å²) in [5, 5.41) is 0. The predicted molar refractivity (Wildman–Crippen MR) is 116 cm³/mol. The molecule has 0 aromatic heterocycles. The molecule has 30 heavy (non-hydrogen) atoms. The lowest BCUT2D eigenvalue weighted by Crippen LogP contribution is -2.14.